The highest BCUT2D eigenvalue weighted by atomic mass is 35.5. The molecule has 0 atom stereocenters. The molecule has 1 aromatic carbocycles. The molecule has 0 aliphatic rings. The van der Waals surface area contributed by atoms with Crippen molar-refractivity contribution in [2.75, 3.05) is 18.5 Å². The van der Waals surface area contributed by atoms with Crippen molar-refractivity contribution in [1.29, 1.82) is 0 Å². The van der Waals surface area contributed by atoms with Crippen LogP contribution < -0.4 is 10.6 Å². The lowest BCUT2D eigenvalue weighted by molar-refractivity contribution is -0.146. The summed E-state index contributed by atoms with van der Waals surface area (Å²) in [6.07, 6.45) is 4.10. The molecule has 158 valence electrons. The largest absolute Gasteiger partial charge is 0.462 e. The van der Waals surface area contributed by atoms with Crippen LogP contribution in [-0.4, -0.2) is 25.2 Å². The maximum Gasteiger partial charge on any atom is 0.347 e. The Hall–Kier alpha value is -2.73. The highest BCUT2D eigenvalue weighted by Gasteiger charge is 2.21. The van der Waals surface area contributed by atoms with Gasteiger partial charge < -0.3 is 20.1 Å². The average molecular weight is 421 g/mol. The second-order valence-corrected chi connectivity index (χ2v) is 6.59. The highest BCUT2D eigenvalue weighted by Crippen LogP contribution is 2.16. The van der Waals surface area contributed by atoms with E-state index in [4.69, 9.17) is 21.1 Å². The van der Waals surface area contributed by atoms with Gasteiger partial charge >= 0.3 is 11.9 Å². The standard InChI is InChI=1S/C22H29ClN2O4/c1-6-15(4)16(5)13-20(25-18-11-9-17(23)10-12-18)24-14-19(21(26)28-7-2)22(27)29-8-3/h9-14,24-25H,6-8H2,1-5H3/b16-15+,20-13-. The Labute approximate surface area is 177 Å². The number of rotatable bonds is 10. The molecule has 1 aromatic rings. The summed E-state index contributed by atoms with van der Waals surface area (Å²) in [6, 6.07) is 7.18. The van der Waals surface area contributed by atoms with Gasteiger partial charge in [-0.1, -0.05) is 24.1 Å². The van der Waals surface area contributed by atoms with Crippen LogP contribution in [0.25, 0.3) is 0 Å². The van der Waals surface area contributed by atoms with Crippen molar-refractivity contribution < 1.29 is 19.1 Å². The number of carbonyl (C=O) groups is 2. The number of ether oxygens (including phenoxy) is 2. The number of nitrogens with one attached hydrogen (secondary N) is 2. The molecule has 0 aliphatic carbocycles. The summed E-state index contributed by atoms with van der Waals surface area (Å²) >= 11 is 5.95. The summed E-state index contributed by atoms with van der Waals surface area (Å²) in [4.78, 5) is 24.3. The van der Waals surface area contributed by atoms with Gasteiger partial charge in [-0.15, -0.1) is 0 Å². The zero-order chi connectivity index (χ0) is 21.8. The Kier molecular flexibility index (Phi) is 10.6. The first kappa shape index (κ1) is 24.3. The van der Waals surface area contributed by atoms with Gasteiger partial charge in [0, 0.05) is 16.9 Å². The van der Waals surface area contributed by atoms with E-state index < -0.39 is 11.9 Å². The van der Waals surface area contributed by atoms with Gasteiger partial charge in [-0.25, -0.2) is 9.59 Å². The fourth-order valence-corrected chi connectivity index (χ4v) is 2.32. The van der Waals surface area contributed by atoms with E-state index in [2.05, 4.69) is 17.6 Å². The Morgan fingerprint density at radius 3 is 2.03 bits per heavy atom. The van der Waals surface area contributed by atoms with Gasteiger partial charge in [0.15, 0.2) is 5.57 Å². The van der Waals surface area contributed by atoms with Crippen LogP contribution in [0.3, 0.4) is 0 Å². The number of benzene rings is 1. The first-order valence-corrected chi connectivity index (χ1v) is 9.91. The molecule has 7 heteroatoms. The van der Waals surface area contributed by atoms with E-state index in [1.54, 1.807) is 26.0 Å². The van der Waals surface area contributed by atoms with E-state index in [-0.39, 0.29) is 18.8 Å². The third-order valence-corrected chi connectivity index (χ3v) is 4.30. The second kappa shape index (κ2) is 12.7. The van der Waals surface area contributed by atoms with Gasteiger partial charge in [0.25, 0.3) is 0 Å². The lowest BCUT2D eigenvalue weighted by atomic mass is 10.1. The van der Waals surface area contributed by atoms with Gasteiger partial charge in [-0.2, -0.15) is 0 Å². The van der Waals surface area contributed by atoms with Crippen molar-refractivity contribution in [1.82, 2.24) is 5.32 Å². The molecule has 29 heavy (non-hydrogen) atoms. The van der Waals surface area contributed by atoms with Gasteiger partial charge in [-0.05, 0) is 70.0 Å². The molecule has 2 N–H and O–H groups in total. The number of carbonyl (C=O) groups excluding carboxylic acids is 2. The summed E-state index contributed by atoms with van der Waals surface area (Å²) in [6.45, 7) is 9.76. The molecule has 0 aromatic heterocycles. The van der Waals surface area contributed by atoms with Gasteiger partial charge in [0.1, 0.15) is 5.82 Å². The maximum atomic E-state index is 12.1. The summed E-state index contributed by atoms with van der Waals surface area (Å²) in [5.74, 6) is -0.925. The summed E-state index contributed by atoms with van der Waals surface area (Å²) in [5, 5.41) is 6.84. The van der Waals surface area contributed by atoms with Crippen LogP contribution in [0.2, 0.25) is 5.02 Å². The first-order valence-electron chi connectivity index (χ1n) is 9.53. The molecule has 1 rings (SSSR count). The third-order valence-electron chi connectivity index (χ3n) is 4.05. The SMILES string of the molecule is CCOC(=O)C(=CN/C(=C/C(C)=C(\C)CC)Nc1ccc(Cl)cc1)C(=O)OCC. The van der Waals surface area contributed by atoms with Crippen molar-refractivity contribution in [2.45, 2.75) is 41.0 Å². The second-order valence-electron chi connectivity index (χ2n) is 6.15. The smallest absolute Gasteiger partial charge is 0.347 e. The summed E-state index contributed by atoms with van der Waals surface area (Å²) in [7, 11) is 0. The first-order chi connectivity index (χ1) is 13.8. The number of hydrogen-bond donors (Lipinski definition) is 2. The molecule has 0 aliphatic heterocycles. The van der Waals surface area contributed by atoms with Crippen LogP contribution in [0.1, 0.15) is 41.0 Å². The van der Waals surface area contributed by atoms with Crippen molar-refractivity contribution in [3.63, 3.8) is 0 Å². The maximum absolute atomic E-state index is 12.1. The van der Waals surface area contributed by atoms with E-state index in [0.717, 1.165) is 17.7 Å². The minimum Gasteiger partial charge on any atom is -0.462 e. The monoisotopic (exact) mass is 420 g/mol. The molecule has 0 fully saturated rings. The zero-order valence-corrected chi connectivity index (χ0v) is 18.4. The summed E-state index contributed by atoms with van der Waals surface area (Å²) < 4.78 is 9.92. The molecular weight excluding hydrogens is 392 g/mol. The quantitative estimate of drug-likeness (QED) is 0.183. The highest BCUT2D eigenvalue weighted by molar-refractivity contribution is 6.30. The topological polar surface area (TPSA) is 76.7 Å². The number of hydrogen-bond acceptors (Lipinski definition) is 6. The molecule has 0 bridgehead atoms. The lowest BCUT2D eigenvalue weighted by Gasteiger charge is -2.14. The number of esters is 2. The molecule has 0 saturated heterocycles. The van der Waals surface area contributed by atoms with Crippen molar-refractivity contribution >= 4 is 29.2 Å². The van der Waals surface area contributed by atoms with Crippen LogP contribution >= 0.6 is 11.6 Å². The predicted molar refractivity (Wildman–Crippen MR) is 116 cm³/mol. The van der Waals surface area contributed by atoms with Crippen LogP contribution in [0, 0.1) is 0 Å². The lowest BCUT2D eigenvalue weighted by Crippen LogP contribution is -2.23. The van der Waals surface area contributed by atoms with E-state index in [9.17, 15) is 9.59 Å². The van der Waals surface area contributed by atoms with Gasteiger partial charge in [-0.3, -0.25) is 0 Å². The minimum absolute atomic E-state index is 0.152. The fraction of sp³-hybridized carbons (Fsp3) is 0.364. The van der Waals surface area contributed by atoms with Crippen LogP contribution in [-0.2, 0) is 19.1 Å². The Morgan fingerprint density at radius 2 is 1.55 bits per heavy atom. The molecule has 0 radical (unpaired) electrons. The van der Waals surface area contributed by atoms with Crippen LogP contribution in [0.4, 0.5) is 5.69 Å². The number of halogens is 1. The third kappa shape index (κ3) is 8.44. The number of allylic oxidation sites excluding steroid dienone is 3. The molecule has 0 heterocycles. The molecule has 6 nitrogen and oxygen atoms in total. The number of anilines is 1. The predicted octanol–water partition coefficient (Wildman–Crippen LogP) is 4.94. The normalized spacial score (nSPS) is 11.9. The Balaban J connectivity index is 3.23. The van der Waals surface area contributed by atoms with E-state index >= 15 is 0 Å². The van der Waals surface area contributed by atoms with Crippen molar-refractivity contribution in [3.8, 4) is 0 Å². The minimum atomic E-state index is -0.749. The van der Waals surface area contributed by atoms with Crippen LogP contribution in [0.15, 0.2) is 59.1 Å². The Bertz CT molecular complexity index is 776. The Morgan fingerprint density at radius 1 is 1.00 bits per heavy atom. The summed E-state index contributed by atoms with van der Waals surface area (Å²) in [5.41, 5.74) is 2.84. The molecule has 0 unspecified atom stereocenters. The van der Waals surface area contributed by atoms with E-state index in [0.29, 0.717) is 10.8 Å². The fourth-order valence-electron chi connectivity index (χ4n) is 2.19. The molecule has 0 amide bonds. The van der Waals surface area contributed by atoms with E-state index in [1.165, 1.54) is 11.8 Å². The van der Waals surface area contributed by atoms with Gasteiger partial charge in [0.2, 0.25) is 0 Å². The van der Waals surface area contributed by atoms with Crippen LogP contribution in [0.5, 0.6) is 0 Å². The van der Waals surface area contributed by atoms with Crippen molar-refractivity contribution in [3.05, 3.63) is 64.1 Å². The molecule has 0 saturated carbocycles. The van der Waals surface area contributed by atoms with Crippen molar-refractivity contribution in [2.24, 2.45) is 0 Å². The zero-order valence-electron chi connectivity index (χ0n) is 17.6. The van der Waals surface area contributed by atoms with E-state index in [1.807, 2.05) is 32.1 Å². The van der Waals surface area contributed by atoms with Gasteiger partial charge in [0.05, 0.1) is 13.2 Å². The average Bonchev–Trinajstić information content (AvgIpc) is 2.69. The molecule has 0 spiro atoms. The molecular formula is C22H29ClN2O4.